The molecule has 0 amide bonds. The summed E-state index contributed by atoms with van der Waals surface area (Å²) < 4.78 is 5.04. The molecular formula is C21H16N2O2. The van der Waals surface area contributed by atoms with E-state index in [1.165, 1.54) is 0 Å². The zero-order valence-electron chi connectivity index (χ0n) is 13.8. The molecule has 0 N–H and O–H groups in total. The van der Waals surface area contributed by atoms with E-state index < -0.39 is 0 Å². The van der Waals surface area contributed by atoms with Gasteiger partial charge in [0.05, 0.1) is 23.2 Å². The Hall–Kier alpha value is -3.27. The third kappa shape index (κ3) is 2.72. The van der Waals surface area contributed by atoms with Crippen LogP contribution >= 0.6 is 0 Å². The first-order valence-electron chi connectivity index (χ1n) is 8.18. The van der Waals surface area contributed by atoms with Crippen molar-refractivity contribution in [3.63, 3.8) is 0 Å². The molecule has 4 heteroatoms. The van der Waals surface area contributed by atoms with Gasteiger partial charge in [-0.15, -0.1) is 0 Å². The molecule has 0 bridgehead atoms. The zero-order chi connectivity index (χ0) is 17.2. The fourth-order valence-corrected chi connectivity index (χ4v) is 3.02. The Morgan fingerprint density at radius 2 is 1.68 bits per heavy atom. The minimum atomic E-state index is -0.303. The molecule has 0 fully saturated rings. The summed E-state index contributed by atoms with van der Waals surface area (Å²) in [7, 11) is 0. The van der Waals surface area contributed by atoms with Crippen LogP contribution in [0, 0.1) is 0 Å². The Bertz CT molecular complexity index is 1070. The second kappa shape index (κ2) is 6.32. The quantitative estimate of drug-likeness (QED) is 0.406. The van der Waals surface area contributed by atoms with Gasteiger partial charge in [0.1, 0.15) is 0 Å². The van der Waals surface area contributed by atoms with Crippen LogP contribution in [-0.2, 0) is 4.74 Å². The molecule has 0 aliphatic heterocycles. The maximum Gasteiger partial charge on any atom is 0.338 e. The lowest BCUT2D eigenvalue weighted by Crippen LogP contribution is -2.04. The largest absolute Gasteiger partial charge is 0.462 e. The van der Waals surface area contributed by atoms with Crippen LogP contribution < -0.4 is 0 Å². The first-order chi connectivity index (χ1) is 12.3. The normalized spacial score (nSPS) is 10.9. The predicted octanol–water partition coefficient (Wildman–Crippen LogP) is 4.63. The Labute approximate surface area is 145 Å². The molecule has 0 spiro atoms. The predicted molar refractivity (Wildman–Crippen MR) is 98.4 cm³/mol. The SMILES string of the molecule is CCOC(=O)c1ccc(-c2cc3cccnc3c3ncccc23)cc1. The van der Waals surface area contributed by atoms with Crippen LogP contribution in [0.2, 0.25) is 0 Å². The van der Waals surface area contributed by atoms with Gasteiger partial charge >= 0.3 is 5.97 Å². The second-order valence-corrected chi connectivity index (χ2v) is 5.70. The summed E-state index contributed by atoms with van der Waals surface area (Å²) in [5.74, 6) is -0.303. The molecule has 2 heterocycles. The van der Waals surface area contributed by atoms with Gasteiger partial charge in [0.2, 0.25) is 0 Å². The van der Waals surface area contributed by atoms with Gasteiger partial charge < -0.3 is 4.74 Å². The van der Waals surface area contributed by atoms with E-state index in [-0.39, 0.29) is 5.97 Å². The summed E-state index contributed by atoms with van der Waals surface area (Å²) in [6.07, 6.45) is 3.56. The van der Waals surface area contributed by atoms with Gasteiger partial charge in [0, 0.05) is 23.2 Å². The van der Waals surface area contributed by atoms with Crippen LogP contribution in [0.15, 0.2) is 67.0 Å². The van der Waals surface area contributed by atoms with Crippen molar-refractivity contribution in [3.8, 4) is 11.1 Å². The first kappa shape index (κ1) is 15.3. The van der Waals surface area contributed by atoms with Gasteiger partial charge in [0.15, 0.2) is 0 Å². The first-order valence-corrected chi connectivity index (χ1v) is 8.18. The highest BCUT2D eigenvalue weighted by Gasteiger charge is 2.11. The maximum atomic E-state index is 11.8. The van der Waals surface area contributed by atoms with Gasteiger partial charge in [-0.25, -0.2) is 4.79 Å². The lowest BCUT2D eigenvalue weighted by molar-refractivity contribution is 0.0526. The molecule has 4 aromatic rings. The number of esters is 1. The van der Waals surface area contributed by atoms with E-state index in [0.717, 1.165) is 32.9 Å². The Morgan fingerprint density at radius 3 is 2.44 bits per heavy atom. The lowest BCUT2D eigenvalue weighted by atomic mass is 9.97. The zero-order valence-corrected chi connectivity index (χ0v) is 13.8. The summed E-state index contributed by atoms with van der Waals surface area (Å²) in [4.78, 5) is 20.8. The van der Waals surface area contributed by atoms with Crippen molar-refractivity contribution >= 4 is 27.8 Å². The molecule has 0 unspecified atom stereocenters. The van der Waals surface area contributed by atoms with Crippen molar-refractivity contribution < 1.29 is 9.53 Å². The number of aromatic nitrogens is 2. The summed E-state index contributed by atoms with van der Waals surface area (Å²) in [5, 5.41) is 2.08. The molecule has 4 rings (SSSR count). The monoisotopic (exact) mass is 328 g/mol. The third-order valence-electron chi connectivity index (χ3n) is 4.17. The average molecular weight is 328 g/mol. The highest BCUT2D eigenvalue weighted by atomic mass is 16.5. The van der Waals surface area contributed by atoms with Crippen molar-refractivity contribution in [1.82, 2.24) is 9.97 Å². The average Bonchev–Trinajstić information content (AvgIpc) is 2.68. The highest BCUT2D eigenvalue weighted by molar-refractivity contribution is 6.10. The minimum absolute atomic E-state index is 0.303. The fraction of sp³-hybridized carbons (Fsp3) is 0.0952. The number of pyridine rings is 2. The molecule has 0 aliphatic rings. The molecule has 122 valence electrons. The Morgan fingerprint density at radius 1 is 0.960 bits per heavy atom. The standard InChI is InChI=1S/C21H16N2O2/c1-2-25-21(24)15-9-7-14(8-10-15)18-13-16-5-3-11-22-19(16)20-17(18)6-4-12-23-20/h3-13H,2H2,1H3. The van der Waals surface area contributed by atoms with Crippen LogP contribution in [-0.4, -0.2) is 22.5 Å². The maximum absolute atomic E-state index is 11.8. The van der Waals surface area contributed by atoms with E-state index in [1.807, 2.05) is 36.4 Å². The van der Waals surface area contributed by atoms with Crippen molar-refractivity contribution in [3.05, 3.63) is 72.6 Å². The molecule has 2 aromatic carbocycles. The van der Waals surface area contributed by atoms with Gasteiger partial charge in [-0.05, 0) is 48.4 Å². The molecule has 0 aliphatic carbocycles. The molecule has 2 aromatic heterocycles. The molecule has 0 saturated heterocycles. The van der Waals surface area contributed by atoms with Crippen LogP contribution in [0.4, 0.5) is 0 Å². The summed E-state index contributed by atoms with van der Waals surface area (Å²) in [6, 6.07) is 17.5. The van der Waals surface area contributed by atoms with E-state index in [1.54, 1.807) is 31.5 Å². The Kier molecular flexibility index (Phi) is 3.86. The minimum Gasteiger partial charge on any atom is -0.462 e. The van der Waals surface area contributed by atoms with Gasteiger partial charge in [0.25, 0.3) is 0 Å². The summed E-state index contributed by atoms with van der Waals surface area (Å²) >= 11 is 0. The van der Waals surface area contributed by atoms with E-state index in [4.69, 9.17) is 4.74 Å². The highest BCUT2D eigenvalue weighted by Crippen LogP contribution is 2.32. The van der Waals surface area contributed by atoms with Crippen LogP contribution in [0.1, 0.15) is 17.3 Å². The molecular weight excluding hydrogens is 312 g/mol. The number of hydrogen-bond acceptors (Lipinski definition) is 4. The fourth-order valence-electron chi connectivity index (χ4n) is 3.02. The number of benzene rings is 2. The number of carbonyl (C=O) groups is 1. The van der Waals surface area contributed by atoms with Crippen LogP contribution in [0.3, 0.4) is 0 Å². The van der Waals surface area contributed by atoms with E-state index in [2.05, 4.69) is 16.0 Å². The molecule has 25 heavy (non-hydrogen) atoms. The van der Waals surface area contributed by atoms with Crippen LogP contribution in [0.25, 0.3) is 32.9 Å². The summed E-state index contributed by atoms with van der Waals surface area (Å²) in [6.45, 7) is 2.17. The van der Waals surface area contributed by atoms with Crippen molar-refractivity contribution in [2.45, 2.75) is 6.92 Å². The van der Waals surface area contributed by atoms with E-state index >= 15 is 0 Å². The molecule has 4 nitrogen and oxygen atoms in total. The number of nitrogens with zero attached hydrogens (tertiary/aromatic N) is 2. The van der Waals surface area contributed by atoms with Crippen molar-refractivity contribution in [2.75, 3.05) is 6.61 Å². The number of ether oxygens (including phenoxy) is 1. The van der Waals surface area contributed by atoms with Gasteiger partial charge in [-0.1, -0.05) is 24.3 Å². The van der Waals surface area contributed by atoms with Gasteiger partial charge in [-0.3, -0.25) is 9.97 Å². The smallest absolute Gasteiger partial charge is 0.338 e. The number of hydrogen-bond donors (Lipinski definition) is 0. The number of rotatable bonds is 3. The van der Waals surface area contributed by atoms with Gasteiger partial charge in [-0.2, -0.15) is 0 Å². The number of carbonyl (C=O) groups excluding carboxylic acids is 1. The van der Waals surface area contributed by atoms with E-state index in [9.17, 15) is 4.79 Å². The van der Waals surface area contributed by atoms with Crippen LogP contribution in [0.5, 0.6) is 0 Å². The lowest BCUT2D eigenvalue weighted by Gasteiger charge is -2.10. The molecule has 0 saturated carbocycles. The second-order valence-electron chi connectivity index (χ2n) is 5.70. The Balaban J connectivity index is 1.89. The summed E-state index contributed by atoms with van der Waals surface area (Å²) in [5.41, 5.74) is 4.42. The molecule has 0 radical (unpaired) electrons. The number of fused-ring (bicyclic) bond motifs is 3. The van der Waals surface area contributed by atoms with E-state index in [0.29, 0.717) is 12.2 Å². The van der Waals surface area contributed by atoms with Crippen molar-refractivity contribution in [1.29, 1.82) is 0 Å². The topological polar surface area (TPSA) is 52.1 Å². The molecule has 0 atom stereocenters. The third-order valence-corrected chi connectivity index (χ3v) is 4.17. The van der Waals surface area contributed by atoms with Crippen molar-refractivity contribution in [2.24, 2.45) is 0 Å².